The van der Waals surface area contributed by atoms with Crippen LogP contribution < -0.4 is 0 Å². The molecule has 0 aliphatic rings. The van der Waals surface area contributed by atoms with Crippen LogP contribution in [0.2, 0.25) is 0 Å². The van der Waals surface area contributed by atoms with Gasteiger partial charge in [0.25, 0.3) is 0 Å². The van der Waals surface area contributed by atoms with Gasteiger partial charge in [-0.3, -0.25) is 4.68 Å². The van der Waals surface area contributed by atoms with E-state index in [1.807, 2.05) is 37.3 Å². The quantitative estimate of drug-likeness (QED) is 0.686. The van der Waals surface area contributed by atoms with Crippen molar-refractivity contribution < 1.29 is 14.6 Å². The van der Waals surface area contributed by atoms with Gasteiger partial charge in [-0.25, -0.2) is 4.79 Å². The molecule has 0 saturated carbocycles. The lowest BCUT2D eigenvalue weighted by Crippen LogP contribution is -2.16. The number of rotatable bonds is 4. The van der Waals surface area contributed by atoms with E-state index in [0.29, 0.717) is 0 Å². The van der Waals surface area contributed by atoms with Crippen molar-refractivity contribution in [3.8, 4) is 0 Å². The maximum absolute atomic E-state index is 11.8. The van der Waals surface area contributed by atoms with E-state index >= 15 is 0 Å². The van der Waals surface area contributed by atoms with E-state index in [-0.39, 0.29) is 23.2 Å². The molecule has 0 aliphatic carbocycles. The molecule has 1 N–H and O–H groups in total. The van der Waals surface area contributed by atoms with E-state index in [1.165, 1.54) is 17.9 Å². The van der Waals surface area contributed by atoms with Gasteiger partial charge in [0.1, 0.15) is 17.1 Å². The van der Waals surface area contributed by atoms with Crippen LogP contribution in [-0.2, 0) is 4.74 Å². The van der Waals surface area contributed by atoms with Gasteiger partial charge in [0.2, 0.25) is 0 Å². The molecule has 0 saturated heterocycles. The van der Waals surface area contributed by atoms with Gasteiger partial charge in [-0.05, 0) is 12.5 Å². The van der Waals surface area contributed by atoms with Gasteiger partial charge in [0.15, 0.2) is 0 Å². The number of methoxy groups -OCH3 is 1. The molecule has 2 aromatic rings. The van der Waals surface area contributed by atoms with Gasteiger partial charge >= 0.3 is 5.97 Å². The molecular formula is C15H16N2O3. The number of aliphatic hydroxyl groups excluding tert-OH is 1. The third-order valence-corrected chi connectivity index (χ3v) is 3.07. The molecule has 1 heterocycles. The van der Waals surface area contributed by atoms with Gasteiger partial charge in [-0.15, -0.1) is 0 Å². The summed E-state index contributed by atoms with van der Waals surface area (Å²) in [7, 11) is 1.31. The molecule has 0 fully saturated rings. The highest BCUT2D eigenvalue weighted by atomic mass is 16.5. The smallest absolute Gasteiger partial charge is 0.356 e. The molecule has 0 bridgehead atoms. The van der Waals surface area contributed by atoms with Gasteiger partial charge in [0.05, 0.1) is 13.2 Å². The van der Waals surface area contributed by atoms with Crippen LogP contribution in [0.4, 0.5) is 0 Å². The molecule has 5 heteroatoms. The van der Waals surface area contributed by atoms with Crippen molar-refractivity contribution in [1.29, 1.82) is 0 Å². The van der Waals surface area contributed by atoms with E-state index in [2.05, 4.69) is 11.7 Å². The van der Waals surface area contributed by atoms with Crippen molar-refractivity contribution in [3.63, 3.8) is 0 Å². The van der Waals surface area contributed by atoms with E-state index in [0.717, 1.165) is 5.56 Å². The Balaban J connectivity index is 2.49. The highest BCUT2D eigenvalue weighted by Gasteiger charge is 2.21. The molecule has 0 radical (unpaired) electrons. The van der Waals surface area contributed by atoms with Crippen molar-refractivity contribution in [1.82, 2.24) is 9.78 Å². The molecule has 5 nitrogen and oxygen atoms in total. The van der Waals surface area contributed by atoms with E-state index in [9.17, 15) is 9.90 Å². The van der Waals surface area contributed by atoms with E-state index in [1.54, 1.807) is 0 Å². The molecule has 2 rings (SSSR count). The minimum atomic E-state index is -0.507. The maximum atomic E-state index is 11.8. The summed E-state index contributed by atoms with van der Waals surface area (Å²) in [5.74, 6) is -0.693. The number of ether oxygens (including phenoxy) is 1. The summed E-state index contributed by atoms with van der Waals surface area (Å²) in [5.41, 5.74) is 1.53. The van der Waals surface area contributed by atoms with Crippen LogP contribution in [0.15, 0.2) is 43.0 Å². The fourth-order valence-corrected chi connectivity index (χ4v) is 1.96. The molecule has 1 aromatic heterocycles. The average Bonchev–Trinajstić information content (AvgIpc) is 2.92. The SMILES string of the molecule is C=C(O)c1cc(C(=O)OC)n([C@@H](C)c2ccccc2)n1. The maximum Gasteiger partial charge on any atom is 0.356 e. The molecule has 0 spiro atoms. The Kier molecular flexibility index (Phi) is 3.89. The van der Waals surface area contributed by atoms with Gasteiger partial charge in [-0.2, -0.15) is 5.10 Å². The van der Waals surface area contributed by atoms with Crippen LogP contribution in [0.1, 0.15) is 34.7 Å². The fraction of sp³-hybridized carbons (Fsp3) is 0.200. The first-order valence-electron chi connectivity index (χ1n) is 6.15. The van der Waals surface area contributed by atoms with Gasteiger partial charge in [0, 0.05) is 6.07 Å². The summed E-state index contributed by atoms with van der Waals surface area (Å²) >= 11 is 0. The number of benzene rings is 1. The largest absolute Gasteiger partial charge is 0.506 e. The number of carbonyl (C=O) groups excluding carboxylic acids is 1. The molecule has 0 amide bonds. The third kappa shape index (κ3) is 2.56. The second-order valence-electron chi connectivity index (χ2n) is 4.38. The Hall–Kier alpha value is -2.56. The first-order chi connectivity index (χ1) is 9.54. The van der Waals surface area contributed by atoms with Crippen LogP contribution in [0, 0.1) is 0 Å². The second-order valence-corrected chi connectivity index (χ2v) is 4.38. The van der Waals surface area contributed by atoms with Crippen LogP contribution in [0.25, 0.3) is 5.76 Å². The predicted octanol–water partition coefficient (Wildman–Crippen LogP) is 2.81. The van der Waals surface area contributed by atoms with Crippen molar-refractivity contribution in [2.24, 2.45) is 0 Å². The Labute approximate surface area is 117 Å². The number of hydrogen-bond donors (Lipinski definition) is 1. The Bertz CT molecular complexity index is 632. The van der Waals surface area contributed by atoms with E-state index < -0.39 is 5.97 Å². The first kappa shape index (κ1) is 13.9. The lowest BCUT2D eigenvalue weighted by molar-refractivity contribution is 0.0585. The zero-order chi connectivity index (χ0) is 14.7. The number of carbonyl (C=O) groups is 1. The number of nitrogens with zero attached hydrogens (tertiary/aromatic N) is 2. The molecule has 0 aliphatic heterocycles. The van der Waals surface area contributed by atoms with E-state index in [4.69, 9.17) is 4.74 Å². The fourth-order valence-electron chi connectivity index (χ4n) is 1.96. The summed E-state index contributed by atoms with van der Waals surface area (Å²) < 4.78 is 6.27. The van der Waals surface area contributed by atoms with Crippen LogP contribution in [0.3, 0.4) is 0 Å². The molecule has 104 valence electrons. The number of aromatic nitrogens is 2. The summed E-state index contributed by atoms with van der Waals surface area (Å²) in [6.07, 6.45) is 0. The highest BCUT2D eigenvalue weighted by Crippen LogP contribution is 2.22. The lowest BCUT2D eigenvalue weighted by atomic mass is 10.1. The van der Waals surface area contributed by atoms with Crippen LogP contribution >= 0.6 is 0 Å². The van der Waals surface area contributed by atoms with Crippen molar-refractivity contribution in [2.75, 3.05) is 7.11 Å². The van der Waals surface area contributed by atoms with Gasteiger partial charge in [-0.1, -0.05) is 36.9 Å². The Morgan fingerprint density at radius 1 is 1.40 bits per heavy atom. The topological polar surface area (TPSA) is 64.3 Å². The minimum absolute atomic E-state index is 0.168. The first-order valence-corrected chi connectivity index (χ1v) is 6.15. The van der Waals surface area contributed by atoms with Crippen molar-refractivity contribution >= 4 is 11.7 Å². The minimum Gasteiger partial charge on any atom is -0.506 e. The second kappa shape index (κ2) is 5.61. The van der Waals surface area contributed by atoms with Gasteiger partial charge < -0.3 is 9.84 Å². The Morgan fingerprint density at radius 3 is 2.60 bits per heavy atom. The summed E-state index contributed by atoms with van der Waals surface area (Å²) in [4.78, 5) is 11.8. The lowest BCUT2D eigenvalue weighted by Gasteiger charge is -2.15. The van der Waals surface area contributed by atoms with Crippen molar-refractivity contribution in [2.45, 2.75) is 13.0 Å². The third-order valence-electron chi connectivity index (χ3n) is 3.07. The van der Waals surface area contributed by atoms with Crippen LogP contribution in [-0.4, -0.2) is 28.0 Å². The highest BCUT2D eigenvalue weighted by molar-refractivity contribution is 5.88. The number of aliphatic hydroxyl groups is 1. The molecule has 20 heavy (non-hydrogen) atoms. The Morgan fingerprint density at radius 2 is 2.05 bits per heavy atom. The molecular weight excluding hydrogens is 256 g/mol. The average molecular weight is 272 g/mol. The number of hydrogen-bond acceptors (Lipinski definition) is 4. The zero-order valence-corrected chi connectivity index (χ0v) is 11.4. The zero-order valence-electron chi connectivity index (χ0n) is 11.4. The summed E-state index contributed by atoms with van der Waals surface area (Å²) in [6.45, 7) is 5.34. The summed E-state index contributed by atoms with van der Waals surface area (Å²) in [5, 5.41) is 13.7. The normalized spacial score (nSPS) is 11.9. The molecule has 1 atom stereocenters. The van der Waals surface area contributed by atoms with Crippen LogP contribution in [0.5, 0.6) is 0 Å². The summed E-state index contributed by atoms with van der Waals surface area (Å²) in [6, 6.07) is 10.9. The monoisotopic (exact) mass is 272 g/mol. The number of esters is 1. The molecule has 0 unspecified atom stereocenters. The van der Waals surface area contributed by atoms with Crippen molar-refractivity contribution in [3.05, 3.63) is 59.9 Å². The standard InChI is InChI=1S/C15H16N2O3/c1-10(12-7-5-4-6-8-12)17-14(15(19)20-3)9-13(16-17)11(2)18/h4-10,18H,2H2,1,3H3/t10-/m0/s1. The predicted molar refractivity (Wildman–Crippen MR) is 75.5 cm³/mol. The molecule has 1 aromatic carbocycles.